The summed E-state index contributed by atoms with van der Waals surface area (Å²) in [7, 11) is 2.19. The van der Waals surface area contributed by atoms with E-state index in [0.29, 0.717) is 34.0 Å². The summed E-state index contributed by atoms with van der Waals surface area (Å²) in [6.45, 7) is 0.243. The van der Waals surface area contributed by atoms with Gasteiger partial charge in [-0.15, -0.1) is 0 Å². The molecule has 1 aromatic rings. The average molecular weight is 300 g/mol. The smallest absolute Gasteiger partial charge is 0.0595 e. The summed E-state index contributed by atoms with van der Waals surface area (Å²) < 4.78 is 0. The quantitative estimate of drug-likeness (QED) is 0.903. The Bertz CT molecular complexity index is 479. The second-order valence-corrected chi connectivity index (χ2v) is 6.64. The molecule has 0 amide bonds. The molecule has 2 saturated heterocycles. The van der Waals surface area contributed by atoms with Crippen LogP contribution < -0.4 is 0 Å². The third-order valence-corrected chi connectivity index (χ3v) is 5.75. The molecule has 2 nitrogen and oxygen atoms in total. The lowest BCUT2D eigenvalue weighted by Crippen LogP contribution is -2.47. The number of hydrogen-bond donors (Lipinski definition) is 1. The van der Waals surface area contributed by atoms with Crippen molar-refractivity contribution in [3.8, 4) is 0 Å². The molecule has 0 aliphatic carbocycles. The third kappa shape index (κ3) is 2.29. The topological polar surface area (TPSA) is 23.5 Å². The van der Waals surface area contributed by atoms with Crippen LogP contribution in [0.2, 0.25) is 10.0 Å². The van der Waals surface area contributed by atoms with Crippen LogP contribution >= 0.6 is 23.2 Å². The minimum atomic E-state index is 0.243. The van der Waals surface area contributed by atoms with Crippen molar-refractivity contribution in [3.05, 3.63) is 33.8 Å². The van der Waals surface area contributed by atoms with Crippen molar-refractivity contribution in [2.75, 3.05) is 13.7 Å². The van der Waals surface area contributed by atoms with Crippen molar-refractivity contribution < 1.29 is 5.11 Å². The Morgan fingerprint density at radius 2 is 2.05 bits per heavy atom. The molecular formula is C15H19Cl2NO. The first kappa shape index (κ1) is 13.7. The standard InChI is InChI=1S/C15H19Cl2NO/c1-18-10-3-5-15(18)12(8-19)11(7-10)9-2-4-13(16)14(17)6-9/h2,4,6,10-12,15,19H,3,5,7-8H2,1H3/t10-,11-,12-,15-/m0/s1. The maximum absolute atomic E-state index is 9.80. The Hall–Kier alpha value is -0.280. The highest BCUT2D eigenvalue weighted by molar-refractivity contribution is 6.42. The molecule has 0 saturated carbocycles. The van der Waals surface area contributed by atoms with E-state index in [2.05, 4.69) is 18.0 Å². The van der Waals surface area contributed by atoms with E-state index >= 15 is 0 Å². The largest absolute Gasteiger partial charge is 0.396 e. The summed E-state index contributed by atoms with van der Waals surface area (Å²) in [5.41, 5.74) is 1.22. The van der Waals surface area contributed by atoms with Crippen LogP contribution in [0.1, 0.15) is 30.7 Å². The van der Waals surface area contributed by atoms with Gasteiger partial charge in [0.2, 0.25) is 0 Å². The van der Waals surface area contributed by atoms with Gasteiger partial charge in [-0.2, -0.15) is 0 Å². The number of halogens is 2. The number of rotatable bonds is 2. The second-order valence-electron chi connectivity index (χ2n) is 5.83. The van der Waals surface area contributed by atoms with Crippen LogP contribution in [0.15, 0.2) is 18.2 Å². The zero-order valence-electron chi connectivity index (χ0n) is 11.0. The van der Waals surface area contributed by atoms with E-state index < -0.39 is 0 Å². The number of piperidine rings is 1. The summed E-state index contributed by atoms with van der Waals surface area (Å²) in [5.74, 6) is 0.703. The number of fused-ring (bicyclic) bond motifs is 2. The van der Waals surface area contributed by atoms with Gasteiger partial charge in [-0.3, -0.25) is 0 Å². The van der Waals surface area contributed by atoms with Crippen molar-refractivity contribution in [3.63, 3.8) is 0 Å². The number of benzene rings is 1. The normalized spacial score (nSPS) is 34.7. The van der Waals surface area contributed by atoms with Crippen LogP contribution in [0.25, 0.3) is 0 Å². The molecular weight excluding hydrogens is 281 g/mol. The fourth-order valence-corrected chi connectivity index (χ4v) is 4.26. The molecule has 1 aromatic carbocycles. The first-order valence-corrected chi connectivity index (χ1v) is 7.65. The molecule has 0 spiro atoms. The summed E-state index contributed by atoms with van der Waals surface area (Å²) in [5, 5.41) is 11.0. The minimum Gasteiger partial charge on any atom is -0.396 e. The zero-order chi connectivity index (χ0) is 13.6. The molecule has 2 heterocycles. The average Bonchev–Trinajstić information content (AvgIpc) is 2.65. The van der Waals surface area contributed by atoms with Gasteiger partial charge in [0, 0.05) is 24.6 Å². The Labute approximate surface area is 124 Å². The van der Waals surface area contributed by atoms with Gasteiger partial charge < -0.3 is 10.0 Å². The van der Waals surface area contributed by atoms with E-state index in [1.807, 2.05) is 12.1 Å². The molecule has 0 unspecified atom stereocenters. The maximum atomic E-state index is 9.80. The number of hydrogen-bond acceptors (Lipinski definition) is 2. The number of aliphatic hydroxyl groups excluding tert-OH is 1. The Morgan fingerprint density at radius 1 is 1.26 bits per heavy atom. The lowest BCUT2D eigenvalue weighted by molar-refractivity contribution is 0.0592. The highest BCUT2D eigenvalue weighted by atomic mass is 35.5. The monoisotopic (exact) mass is 299 g/mol. The Kier molecular flexibility index (Phi) is 3.78. The Balaban J connectivity index is 1.93. The van der Waals surface area contributed by atoms with E-state index in [-0.39, 0.29) is 6.61 Å². The zero-order valence-corrected chi connectivity index (χ0v) is 12.5. The summed E-state index contributed by atoms with van der Waals surface area (Å²) in [6.07, 6.45) is 3.55. The Morgan fingerprint density at radius 3 is 2.74 bits per heavy atom. The van der Waals surface area contributed by atoms with Crippen LogP contribution in [0, 0.1) is 5.92 Å². The molecule has 0 aromatic heterocycles. The van der Waals surface area contributed by atoms with E-state index in [4.69, 9.17) is 23.2 Å². The molecule has 2 aliphatic rings. The fourth-order valence-electron chi connectivity index (χ4n) is 3.95. The molecule has 1 N–H and O–H groups in total. The molecule has 4 heteroatoms. The van der Waals surface area contributed by atoms with Crippen LogP contribution in [0.4, 0.5) is 0 Å². The van der Waals surface area contributed by atoms with Crippen LogP contribution in [-0.4, -0.2) is 35.7 Å². The van der Waals surface area contributed by atoms with E-state index in [9.17, 15) is 5.11 Å². The molecule has 4 atom stereocenters. The maximum Gasteiger partial charge on any atom is 0.0595 e. The first-order valence-electron chi connectivity index (χ1n) is 6.89. The van der Waals surface area contributed by atoms with Crippen molar-refractivity contribution in [1.82, 2.24) is 4.90 Å². The molecule has 2 bridgehead atoms. The van der Waals surface area contributed by atoms with Gasteiger partial charge >= 0.3 is 0 Å². The van der Waals surface area contributed by atoms with Gasteiger partial charge in [-0.05, 0) is 49.9 Å². The number of aliphatic hydroxyl groups is 1. The third-order valence-electron chi connectivity index (χ3n) is 5.01. The van der Waals surface area contributed by atoms with Crippen LogP contribution in [0.3, 0.4) is 0 Å². The predicted octanol–water partition coefficient (Wildman–Crippen LogP) is 3.55. The molecule has 19 heavy (non-hydrogen) atoms. The molecule has 3 rings (SSSR count). The van der Waals surface area contributed by atoms with Gasteiger partial charge in [-0.25, -0.2) is 0 Å². The second kappa shape index (κ2) is 5.25. The van der Waals surface area contributed by atoms with Gasteiger partial charge in [0.15, 0.2) is 0 Å². The first-order chi connectivity index (χ1) is 9.11. The van der Waals surface area contributed by atoms with Crippen molar-refractivity contribution in [1.29, 1.82) is 0 Å². The van der Waals surface area contributed by atoms with Crippen molar-refractivity contribution >= 4 is 23.2 Å². The van der Waals surface area contributed by atoms with Crippen molar-refractivity contribution in [2.24, 2.45) is 5.92 Å². The van der Waals surface area contributed by atoms with E-state index in [0.717, 1.165) is 6.42 Å². The SMILES string of the molecule is CN1[C@H]2CC[C@H]1[C@@H](CO)[C@H](c1ccc(Cl)c(Cl)c1)C2. The molecule has 2 aliphatic heterocycles. The van der Waals surface area contributed by atoms with Crippen molar-refractivity contribution in [2.45, 2.75) is 37.3 Å². The van der Waals surface area contributed by atoms with Crippen LogP contribution in [-0.2, 0) is 0 Å². The minimum absolute atomic E-state index is 0.243. The van der Waals surface area contributed by atoms with Gasteiger partial charge in [0.25, 0.3) is 0 Å². The predicted molar refractivity (Wildman–Crippen MR) is 79.0 cm³/mol. The highest BCUT2D eigenvalue weighted by Gasteiger charge is 2.45. The molecule has 2 fully saturated rings. The fraction of sp³-hybridized carbons (Fsp3) is 0.600. The van der Waals surface area contributed by atoms with E-state index in [1.54, 1.807) is 0 Å². The lowest BCUT2D eigenvalue weighted by atomic mass is 9.76. The highest BCUT2D eigenvalue weighted by Crippen LogP contribution is 2.46. The van der Waals surface area contributed by atoms with Gasteiger partial charge in [0.1, 0.15) is 0 Å². The number of nitrogens with zero attached hydrogens (tertiary/aromatic N) is 1. The lowest BCUT2D eigenvalue weighted by Gasteiger charge is -2.42. The molecule has 0 radical (unpaired) electrons. The van der Waals surface area contributed by atoms with Gasteiger partial charge in [0.05, 0.1) is 10.0 Å². The van der Waals surface area contributed by atoms with Crippen LogP contribution in [0.5, 0.6) is 0 Å². The summed E-state index contributed by atoms with van der Waals surface area (Å²) in [6, 6.07) is 7.05. The summed E-state index contributed by atoms with van der Waals surface area (Å²) in [4.78, 5) is 2.45. The molecule has 104 valence electrons. The van der Waals surface area contributed by atoms with Gasteiger partial charge in [-0.1, -0.05) is 29.3 Å². The van der Waals surface area contributed by atoms with E-state index in [1.165, 1.54) is 18.4 Å². The summed E-state index contributed by atoms with van der Waals surface area (Å²) >= 11 is 12.1.